The highest BCUT2D eigenvalue weighted by atomic mass is 35.5. The average Bonchev–Trinajstić information content (AvgIpc) is 2.28. The molecule has 0 bridgehead atoms. The molecule has 1 atom stereocenters. The summed E-state index contributed by atoms with van der Waals surface area (Å²) in [5.41, 5.74) is 0.208. The molecule has 1 N–H and O–H groups in total. The van der Waals surface area contributed by atoms with E-state index in [-0.39, 0.29) is 28.7 Å². The third-order valence-corrected chi connectivity index (χ3v) is 3.58. The monoisotopic (exact) mass is 269 g/mol. The highest BCUT2D eigenvalue weighted by Crippen LogP contribution is 2.27. The van der Waals surface area contributed by atoms with Gasteiger partial charge in [0.25, 0.3) is 5.91 Å². The number of halogens is 1. The first-order valence-electron chi connectivity index (χ1n) is 5.90. The molecule has 100 valence electrons. The molecular formula is C14H20ClNO2. The minimum atomic E-state index is -0.225. The second-order valence-corrected chi connectivity index (χ2v) is 6.06. The standard InChI is InChI=1S/C14H20ClNO2/c1-9(14(2,3)4)16(5)13(18)11-8-10(15)6-7-12(11)17/h6-9,17H,1-5H3. The highest BCUT2D eigenvalue weighted by Gasteiger charge is 2.28. The molecule has 4 heteroatoms. The topological polar surface area (TPSA) is 40.5 Å². The third-order valence-electron chi connectivity index (χ3n) is 3.34. The third kappa shape index (κ3) is 3.16. The lowest BCUT2D eigenvalue weighted by Crippen LogP contribution is -2.42. The van der Waals surface area contributed by atoms with Crippen molar-refractivity contribution in [2.45, 2.75) is 33.7 Å². The average molecular weight is 270 g/mol. The Morgan fingerprint density at radius 1 is 1.39 bits per heavy atom. The minimum Gasteiger partial charge on any atom is -0.507 e. The van der Waals surface area contributed by atoms with E-state index < -0.39 is 0 Å². The number of nitrogens with zero attached hydrogens (tertiary/aromatic N) is 1. The van der Waals surface area contributed by atoms with Crippen molar-refractivity contribution in [3.05, 3.63) is 28.8 Å². The molecule has 1 aromatic rings. The van der Waals surface area contributed by atoms with Crippen LogP contribution in [0.4, 0.5) is 0 Å². The summed E-state index contributed by atoms with van der Waals surface area (Å²) in [5, 5.41) is 10.2. The quantitative estimate of drug-likeness (QED) is 0.892. The molecule has 18 heavy (non-hydrogen) atoms. The number of aromatic hydroxyl groups is 1. The summed E-state index contributed by atoms with van der Waals surface area (Å²) in [6.07, 6.45) is 0. The molecule has 1 amide bonds. The molecule has 0 aliphatic rings. The first-order chi connectivity index (χ1) is 8.14. The van der Waals surface area contributed by atoms with Crippen molar-refractivity contribution in [2.75, 3.05) is 7.05 Å². The van der Waals surface area contributed by atoms with Gasteiger partial charge in [-0.2, -0.15) is 0 Å². The summed E-state index contributed by atoms with van der Waals surface area (Å²) in [5.74, 6) is -0.269. The Kier molecular flexibility index (Phi) is 4.28. The van der Waals surface area contributed by atoms with Crippen molar-refractivity contribution in [3.63, 3.8) is 0 Å². The smallest absolute Gasteiger partial charge is 0.257 e. The van der Waals surface area contributed by atoms with E-state index in [1.54, 1.807) is 18.0 Å². The van der Waals surface area contributed by atoms with Gasteiger partial charge in [-0.1, -0.05) is 32.4 Å². The molecule has 1 aromatic carbocycles. The maximum absolute atomic E-state index is 12.3. The number of hydrogen-bond acceptors (Lipinski definition) is 2. The maximum Gasteiger partial charge on any atom is 0.257 e. The molecule has 3 nitrogen and oxygen atoms in total. The van der Waals surface area contributed by atoms with Crippen molar-refractivity contribution < 1.29 is 9.90 Å². The number of phenols is 1. The molecule has 0 heterocycles. The van der Waals surface area contributed by atoms with Crippen LogP contribution in [0.25, 0.3) is 0 Å². The number of carbonyl (C=O) groups is 1. The van der Waals surface area contributed by atoms with Gasteiger partial charge in [-0.15, -0.1) is 0 Å². The van der Waals surface area contributed by atoms with Gasteiger partial charge in [0, 0.05) is 18.1 Å². The Bertz CT molecular complexity index is 452. The largest absolute Gasteiger partial charge is 0.507 e. The van der Waals surface area contributed by atoms with Crippen LogP contribution < -0.4 is 0 Å². The lowest BCUT2D eigenvalue weighted by molar-refractivity contribution is 0.0626. The number of amides is 1. The fourth-order valence-corrected chi connectivity index (χ4v) is 1.80. The highest BCUT2D eigenvalue weighted by molar-refractivity contribution is 6.31. The zero-order valence-corrected chi connectivity index (χ0v) is 12.2. The first kappa shape index (κ1) is 14.8. The normalized spacial score (nSPS) is 13.2. The SMILES string of the molecule is CC(N(C)C(=O)c1cc(Cl)ccc1O)C(C)(C)C. The van der Waals surface area contributed by atoms with Crippen LogP contribution in [-0.2, 0) is 0 Å². The Morgan fingerprint density at radius 3 is 2.44 bits per heavy atom. The lowest BCUT2D eigenvalue weighted by atomic mass is 9.87. The van der Waals surface area contributed by atoms with Crippen LogP contribution in [-0.4, -0.2) is 29.0 Å². The molecular weight excluding hydrogens is 250 g/mol. The molecule has 1 unspecified atom stereocenters. The fraction of sp³-hybridized carbons (Fsp3) is 0.500. The van der Waals surface area contributed by atoms with Crippen molar-refractivity contribution in [1.29, 1.82) is 0 Å². The van der Waals surface area contributed by atoms with Gasteiger partial charge in [0.15, 0.2) is 0 Å². The molecule has 0 aliphatic heterocycles. The van der Waals surface area contributed by atoms with Crippen LogP contribution in [0.15, 0.2) is 18.2 Å². The Hall–Kier alpha value is -1.22. The number of phenolic OH excluding ortho intramolecular Hbond substituents is 1. The molecule has 0 saturated heterocycles. The molecule has 0 aromatic heterocycles. The van der Waals surface area contributed by atoms with Gasteiger partial charge in [-0.05, 0) is 30.5 Å². The molecule has 0 radical (unpaired) electrons. The molecule has 0 aliphatic carbocycles. The Labute approximate surface area is 113 Å². The Morgan fingerprint density at radius 2 is 1.94 bits per heavy atom. The fourth-order valence-electron chi connectivity index (χ4n) is 1.63. The van der Waals surface area contributed by atoms with Gasteiger partial charge >= 0.3 is 0 Å². The number of benzene rings is 1. The van der Waals surface area contributed by atoms with Crippen LogP contribution in [0.1, 0.15) is 38.1 Å². The summed E-state index contributed by atoms with van der Waals surface area (Å²) < 4.78 is 0. The van der Waals surface area contributed by atoms with Gasteiger partial charge in [-0.3, -0.25) is 4.79 Å². The zero-order chi connectivity index (χ0) is 14.1. The summed E-state index contributed by atoms with van der Waals surface area (Å²) in [7, 11) is 1.73. The number of hydrogen-bond donors (Lipinski definition) is 1. The van der Waals surface area contributed by atoms with Crippen molar-refractivity contribution >= 4 is 17.5 Å². The molecule has 1 rings (SSSR count). The molecule has 0 saturated carbocycles. The van der Waals surface area contributed by atoms with Crippen LogP contribution in [0.5, 0.6) is 5.75 Å². The summed E-state index contributed by atoms with van der Waals surface area (Å²) >= 11 is 5.85. The van der Waals surface area contributed by atoms with Gasteiger partial charge < -0.3 is 10.0 Å². The second kappa shape index (κ2) is 5.19. The van der Waals surface area contributed by atoms with Crippen molar-refractivity contribution in [2.24, 2.45) is 5.41 Å². The molecule has 0 fully saturated rings. The van der Waals surface area contributed by atoms with Crippen LogP contribution in [0.3, 0.4) is 0 Å². The second-order valence-electron chi connectivity index (χ2n) is 5.62. The maximum atomic E-state index is 12.3. The van der Waals surface area contributed by atoms with E-state index in [0.717, 1.165) is 0 Å². The van der Waals surface area contributed by atoms with Gasteiger partial charge in [-0.25, -0.2) is 0 Å². The molecule has 0 spiro atoms. The summed E-state index contributed by atoms with van der Waals surface area (Å²) in [6, 6.07) is 4.53. The summed E-state index contributed by atoms with van der Waals surface area (Å²) in [6.45, 7) is 8.19. The van der Waals surface area contributed by atoms with E-state index in [4.69, 9.17) is 11.6 Å². The van der Waals surface area contributed by atoms with E-state index in [2.05, 4.69) is 20.8 Å². The predicted molar refractivity (Wildman–Crippen MR) is 74.1 cm³/mol. The Balaban J connectivity index is 3.04. The van der Waals surface area contributed by atoms with E-state index in [1.165, 1.54) is 12.1 Å². The van der Waals surface area contributed by atoms with E-state index in [9.17, 15) is 9.90 Å². The minimum absolute atomic E-state index is 0.0292. The number of carbonyl (C=O) groups excluding carboxylic acids is 1. The van der Waals surface area contributed by atoms with Crippen molar-refractivity contribution in [1.82, 2.24) is 4.90 Å². The predicted octanol–water partition coefficient (Wildman–Crippen LogP) is 3.55. The number of rotatable bonds is 2. The van der Waals surface area contributed by atoms with Crippen LogP contribution in [0.2, 0.25) is 5.02 Å². The van der Waals surface area contributed by atoms with E-state index in [0.29, 0.717) is 5.02 Å². The van der Waals surface area contributed by atoms with Gasteiger partial charge in [0.2, 0.25) is 0 Å². The van der Waals surface area contributed by atoms with E-state index >= 15 is 0 Å². The van der Waals surface area contributed by atoms with Gasteiger partial charge in [0.05, 0.1) is 5.56 Å². The van der Waals surface area contributed by atoms with Gasteiger partial charge in [0.1, 0.15) is 5.75 Å². The summed E-state index contributed by atoms with van der Waals surface area (Å²) in [4.78, 5) is 13.9. The van der Waals surface area contributed by atoms with Crippen LogP contribution in [0, 0.1) is 5.41 Å². The lowest BCUT2D eigenvalue weighted by Gasteiger charge is -2.35. The van der Waals surface area contributed by atoms with E-state index in [1.807, 2.05) is 6.92 Å². The zero-order valence-electron chi connectivity index (χ0n) is 11.5. The van der Waals surface area contributed by atoms with Crippen molar-refractivity contribution in [3.8, 4) is 5.75 Å². The first-order valence-corrected chi connectivity index (χ1v) is 6.28. The van der Waals surface area contributed by atoms with Crippen LogP contribution >= 0.6 is 11.6 Å².